The van der Waals surface area contributed by atoms with Crippen LogP contribution < -0.4 is 10.6 Å². The third kappa shape index (κ3) is 9.84. The summed E-state index contributed by atoms with van der Waals surface area (Å²) in [6.45, 7) is 9.91. The molecule has 13 heavy (non-hydrogen) atoms. The summed E-state index contributed by atoms with van der Waals surface area (Å²) >= 11 is 0. The third-order valence-electron chi connectivity index (χ3n) is 2.50. The molecule has 1 unspecified atom stereocenters. The Hall–Kier alpha value is -0.0800. The van der Waals surface area contributed by atoms with Gasteiger partial charge in [-0.05, 0) is 25.4 Å². The number of hydrogen-bond donors (Lipinski definition) is 2. The van der Waals surface area contributed by atoms with E-state index in [0.717, 1.165) is 25.7 Å². The van der Waals surface area contributed by atoms with Gasteiger partial charge in [-0.3, -0.25) is 0 Å². The second-order valence-electron chi connectivity index (χ2n) is 3.79. The van der Waals surface area contributed by atoms with E-state index in [0.29, 0.717) is 0 Å². The van der Waals surface area contributed by atoms with Crippen LogP contribution in [0.5, 0.6) is 0 Å². The first-order valence-corrected chi connectivity index (χ1v) is 5.72. The average Bonchev–Trinajstić information content (AvgIpc) is 2.16. The highest BCUT2D eigenvalue weighted by atomic mass is 15.0. The molecule has 80 valence electrons. The molecule has 2 heteroatoms. The van der Waals surface area contributed by atoms with Gasteiger partial charge in [0.1, 0.15) is 0 Å². The third-order valence-corrected chi connectivity index (χ3v) is 2.50. The monoisotopic (exact) mass is 186 g/mol. The van der Waals surface area contributed by atoms with Gasteiger partial charge in [-0.25, -0.2) is 0 Å². The number of nitrogens with one attached hydrogen (secondary N) is 2. The molecule has 0 aliphatic heterocycles. The molecule has 0 saturated carbocycles. The summed E-state index contributed by atoms with van der Waals surface area (Å²) in [7, 11) is 0. The summed E-state index contributed by atoms with van der Waals surface area (Å²) in [6.07, 6.45) is 5.40. The van der Waals surface area contributed by atoms with Crippen molar-refractivity contribution in [1.82, 2.24) is 10.6 Å². The van der Waals surface area contributed by atoms with E-state index in [9.17, 15) is 0 Å². The highest BCUT2D eigenvalue weighted by molar-refractivity contribution is 4.52. The molecule has 0 heterocycles. The summed E-state index contributed by atoms with van der Waals surface area (Å²) in [4.78, 5) is 0. The molecule has 0 spiro atoms. The normalized spacial score (nSPS) is 13.2. The molecule has 0 fully saturated rings. The molecule has 0 aromatic rings. The molecule has 2 nitrogen and oxygen atoms in total. The van der Waals surface area contributed by atoms with E-state index in [4.69, 9.17) is 0 Å². The average molecular weight is 186 g/mol. The highest BCUT2D eigenvalue weighted by Crippen LogP contribution is 2.10. The lowest BCUT2D eigenvalue weighted by molar-refractivity contribution is 0.472. The minimum Gasteiger partial charge on any atom is -0.305 e. The van der Waals surface area contributed by atoms with Crippen molar-refractivity contribution in [2.24, 2.45) is 5.92 Å². The van der Waals surface area contributed by atoms with Crippen LogP contribution in [0.4, 0.5) is 0 Å². The second-order valence-corrected chi connectivity index (χ2v) is 3.79. The van der Waals surface area contributed by atoms with E-state index in [-0.39, 0.29) is 0 Å². The molecule has 0 amide bonds. The Balaban J connectivity index is 2.91. The van der Waals surface area contributed by atoms with E-state index in [1.165, 1.54) is 25.7 Å². The molecule has 0 rings (SSSR count). The molecular weight excluding hydrogens is 160 g/mol. The van der Waals surface area contributed by atoms with Crippen molar-refractivity contribution in [1.29, 1.82) is 0 Å². The van der Waals surface area contributed by atoms with Gasteiger partial charge in [-0.1, -0.05) is 40.0 Å². The Kier molecular flexibility index (Phi) is 9.94. The molecule has 0 aliphatic carbocycles. The minimum atomic E-state index is 0.911. The van der Waals surface area contributed by atoms with Crippen molar-refractivity contribution in [3.8, 4) is 0 Å². The lowest BCUT2D eigenvalue weighted by Gasteiger charge is -2.08. The Labute approximate surface area is 83.5 Å². The van der Waals surface area contributed by atoms with Crippen molar-refractivity contribution in [3.63, 3.8) is 0 Å². The topological polar surface area (TPSA) is 24.1 Å². The van der Waals surface area contributed by atoms with Crippen molar-refractivity contribution in [3.05, 3.63) is 0 Å². The van der Waals surface area contributed by atoms with Gasteiger partial charge in [0, 0.05) is 6.67 Å². The van der Waals surface area contributed by atoms with Gasteiger partial charge in [0.15, 0.2) is 0 Å². The fraction of sp³-hybridized carbons (Fsp3) is 1.00. The zero-order valence-electron chi connectivity index (χ0n) is 9.53. The van der Waals surface area contributed by atoms with E-state index >= 15 is 0 Å². The van der Waals surface area contributed by atoms with Crippen LogP contribution in [0.3, 0.4) is 0 Å². The maximum atomic E-state index is 3.37. The summed E-state index contributed by atoms with van der Waals surface area (Å²) in [6, 6.07) is 0. The predicted octanol–water partition coefficient (Wildman–Crippen LogP) is 2.36. The summed E-state index contributed by atoms with van der Waals surface area (Å²) in [5, 5.41) is 6.61. The summed E-state index contributed by atoms with van der Waals surface area (Å²) in [5.41, 5.74) is 0. The van der Waals surface area contributed by atoms with Gasteiger partial charge in [0.05, 0.1) is 0 Å². The van der Waals surface area contributed by atoms with Crippen LogP contribution in [0.15, 0.2) is 0 Å². The van der Waals surface area contributed by atoms with Crippen LogP contribution in [-0.2, 0) is 0 Å². The molecule has 0 aromatic carbocycles. The zero-order valence-corrected chi connectivity index (χ0v) is 9.53. The fourth-order valence-electron chi connectivity index (χ4n) is 1.25. The van der Waals surface area contributed by atoms with Crippen molar-refractivity contribution < 1.29 is 0 Å². The number of unbranched alkanes of at least 4 members (excludes halogenated alkanes) is 1. The Morgan fingerprint density at radius 2 is 1.85 bits per heavy atom. The first-order chi connectivity index (χ1) is 6.31. The maximum absolute atomic E-state index is 3.37. The Morgan fingerprint density at radius 3 is 2.46 bits per heavy atom. The van der Waals surface area contributed by atoms with Crippen molar-refractivity contribution in [2.45, 2.75) is 46.5 Å². The van der Waals surface area contributed by atoms with Crippen LogP contribution in [0.25, 0.3) is 0 Å². The van der Waals surface area contributed by atoms with Gasteiger partial charge >= 0.3 is 0 Å². The van der Waals surface area contributed by atoms with Crippen LogP contribution in [0, 0.1) is 5.92 Å². The molecule has 0 aromatic heterocycles. The van der Waals surface area contributed by atoms with E-state index < -0.39 is 0 Å². The Morgan fingerprint density at radius 1 is 1.08 bits per heavy atom. The van der Waals surface area contributed by atoms with E-state index in [1.54, 1.807) is 0 Å². The number of rotatable bonds is 9. The second kappa shape index (κ2) is 10.0. The first-order valence-electron chi connectivity index (χ1n) is 5.72. The molecular formula is C11H26N2. The van der Waals surface area contributed by atoms with Gasteiger partial charge in [0.2, 0.25) is 0 Å². The van der Waals surface area contributed by atoms with E-state index in [2.05, 4.69) is 31.4 Å². The zero-order chi connectivity index (χ0) is 9.94. The summed E-state index contributed by atoms with van der Waals surface area (Å²) in [5.74, 6) is 0.911. The van der Waals surface area contributed by atoms with Gasteiger partial charge < -0.3 is 10.6 Å². The lowest BCUT2D eigenvalue weighted by atomic mass is 10.0. The molecule has 0 bridgehead atoms. The fourth-order valence-corrected chi connectivity index (χ4v) is 1.25. The van der Waals surface area contributed by atoms with Gasteiger partial charge in [-0.2, -0.15) is 0 Å². The molecule has 0 radical (unpaired) electrons. The van der Waals surface area contributed by atoms with E-state index in [1.807, 2.05) is 0 Å². The predicted molar refractivity (Wildman–Crippen MR) is 59.9 cm³/mol. The van der Waals surface area contributed by atoms with Crippen LogP contribution in [-0.4, -0.2) is 19.8 Å². The lowest BCUT2D eigenvalue weighted by Crippen LogP contribution is -2.29. The molecule has 1 atom stereocenters. The molecule has 2 N–H and O–H groups in total. The van der Waals surface area contributed by atoms with Crippen LogP contribution in [0.2, 0.25) is 0 Å². The quantitative estimate of drug-likeness (QED) is 0.427. The standard InChI is InChI=1S/C11H26N2/c1-4-11(3)8-6-7-9-13-10-12-5-2/h11-13H,4-10H2,1-3H3. The smallest absolute Gasteiger partial charge is 0.0454 e. The van der Waals surface area contributed by atoms with Crippen LogP contribution in [0.1, 0.15) is 46.5 Å². The van der Waals surface area contributed by atoms with Gasteiger partial charge in [-0.15, -0.1) is 0 Å². The maximum Gasteiger partial charge on any atom is 0.0454 e. The SMILES string of the molecule is CCNCNCCCCC(C)CC. The molecule has 0 saturated heterocycles. The number of hydrogen-bond acceptors (Lipinski definition) is 2. The van der Waals surface area contributed by atoms with Crippen molar-refractivity contribution >= 4 is 0 Å². The largest absolute Gasteiger partial charge is 0.305 e. The Bertz CT molecular complexity index is 94.1. The first kappa shape index (κ1) is 12.9. The summed E-state index contributed by atoms with van der Waals surface area (Å²) < 4.78 is 0. The van der Waals surface area contributed by atoms with Crippen molar-refractivity contribution in [2.75, 3.05) is 19.8 Å². The molecule has 0 aliphatic rings. The van der Waals surface area contributed by atoms with Crippen LogP contribution >= 0.6 is 0 Å². The minimum absolute atomic E-state index is 0.911. The highest BCUT2D eigenvalue weighted by Gasteiger charge is 1.97. The van der Waals surface area contributed by atoms with Gasteiger partial charge in [0.25, 0.3) is 0 Å².